The van der Waals surface area contributed by atoms with Crippen molar-refractivity contribution in [1.82, 2.24) is 0 Å². The highest BCUT2D eigenvalue weighted by Crippen LogP contribution is 2.14. The molecule has 2 N–H and O–H groups in total. The van der Waals surface area contributed by atoms with Gasteiger partial charge in [0.1, 0.15) is 0 Å². The molecule has 0 aromatic rings. The second-order valence-electron chi connectivity index (χ2n) is 4.45. The number of hydrogen-bond donors (Lipinski definition) is 2. The first kappa shape index (κ1) is 13.0. The van der Waals surface area contributed by atoms with Crippen molar-refractivity contribution in [2.45, 2.75) is 64.2 Å². The van der Waals surface area contributed by atoms with Gasteiger partial charge in [-0.3, -0.25) is 0 Å². The molecule has 0 aromatic carbocycles. The van der Waals surface area contributed by atoms with E-state index < -0.39 is 0 Å². The Hall–Kier alpha value is -1.06. The summed E-state index contributed by atoms with van der Waals surface area (Å²) in [5, 5.41) is 22.9. The van der Waals surface area contributed by atoms with E-state index in [0.29, 0.717) is 0 Å². The molecule has 0 radical (unpaired) electrons. The summed E-state index contributed by atoms with van der Waals surface area (Å²) in [5.74, 6) is 0. The third-order valence-electron chi connectivity index (χ3n) is 3.14. The molecule has 0 amide bonds. The standard InChI is InChI=1S/2C6H11NO/c2*8-7-6-4-2-1-3-5-6/h2*8H,1-5H2. The van der Waals surface area contributed by atoms with Crippen molar-refractivity contribution >= 4 is 11.4 Å². The SMILES string of the molecule is ON=C1CCCCC1.ON=C1CCCCC1. The van der Waals surface area contributed by atoms with Crippen molar-refractivity contribution in [1.29, 1.82) is 0 Å². The van der Waals surface area contributed by atoms with Gasteiger partial charge in [0.15, 0.2) is 0 Å². The molecule has 92 valence electrons. The van der Waals surface area contributed by atoms with Crippen LogP contribution in [-0.2, 0) is 0 Å². The van der Waals surface area contributed by atoms with Crippen molar-refractivity contribution in [3.63, 3.8) is 0 Å². The van der Waals surface area contributed by atoms with Crippen molar-refractivity contribution < 1.29 is 10.4 Å². The Morgan fingerprint density at radius 2 is 0.875 bits per heavy atom. The molecule has 2 aliphatic carbocycles. The van der Waals surface area contributed by atoms with E-state index in [-0.39, 0.29) is 0 Å². The van der Waals surface area contributed by atoms with Crippen LogP contribution in [0.25, 0.3) is 0 Å². The molecule has 0 bridgehead atoms. The summed E-state index contributed by atoms with van der Waals surface area (Å²) in [6.07, 6.45) is 11.5. The summed E-state index contributed by atoms with van der Waals surface area (Å²) in [6.45, 7) is 0. The molecule has 0 aromatic heterocycles. The summed E-state index contributed by atoms with van der Waals surface area (Å²) >= 11 is 0. The maximum absolute atomic E-state index is 8.28. The average molecular weight is 226 g/mol. The minimum Gasteiger partial charge on any atom is -0.411 e. The molecule has 4 nitrogen and oxygen atoms in total. The maximum Gasteiger partial charge on any atom is 0.0570 e. The fourth-order valence-electron chi connectivity index (χ4n) is 2.12. The van der Waals surface area contributed by atoms with Crippen LogP contribution in [0.15, 0.2) is 10.3 Å². The van der Waals surface area contributed by atoms with Gasteiger partial charge in [0.2, 0.25) is 0 Å². The first-order valence-electron chi connectivity index (χ1n) is 6.26. The summed E-state index contributed by atoms with van der Waals surface area (Å²) in [5.41, 5.74) is 1.97. The fraction of sp³-hybridized carbons (Fsp3) is 0.833. The van der Waals surface area contributed by atoms with Crippen LogP contribution >= 0.6 is 0 Å². The molecular weight excluding hydrogens is 204 g/mol. The maximum atomic E-state index is 8.28. The van der Waals surface area contributed by atoms with Gasteiger partial charge in [-0.2, -0.15) is 0 Å². The van der Waals surface area contributed by atoms with Gasteiger partial charge in [-0.25, -0.2) is 0 Å². The van der Waals surface area contributed by atoms with Gasteiger partial charge in [0.25, 0.3) is 0 Å². The quantitative estimate of drug-likeness (QED) is 0.490. The number of oxime groups is 2. The number of hydrogen-bond acceptors (Lipinski definition) is 4. The molecule has 4 heteroatoms. The molecule has 0 aliphatic heterocycles. The Morgan fingerprint density at radius 3 is 1.06 bits per heavy atom. The fourth-order valence-corrected chi connectivity index (χ4v) is 2.12. The predicted octanol–water partition coefficient (Wildman–Crippen LogP) is 3.56. The van der Waals surface area contributed by atoms with Gasteiger partial charge in [-0.15, -0.1) is 0 Å². The summed E-state index contributed by atoms with van der Waals surface area (Å²) < 4.78 is 0. The summed E-state index contributed by atoms with van der Waals surface area (Å²) in [4.78, 5) is 0. The third-order valence-corrected chi connectivity index (χ3v) is 3.14. The van der Waals surface area contributed by atoms with E-state index in [1.165, 1.54) is 38.5 Å². The average Bonchev–Trinajstić information content (AvgIpc) is 2.41. The van der Waals surface area contributed by atoms with Crippen LogP contribution in [0.5, 0.6) is 0 Å². The number of nitrogens with zero attached hydrogens (tertiary/aromatic N) is 2. The molecule has 0 atom stereocenters. The topological polar surface area (TPSA) is 65.2 Å². The highest BCUT2D eigenvalue weighted by atomic mass is 16.4. The Kier molecular flexibility index (Phi) is 6.61. The predicted molar refractivity (Wildman–Crippen MR) is 64.6 cm³/mol. The zero-order valence-electron chi connectivity index (χ0n) is 9.86. The van der Waals surface area contributed by atoms with E-state index in [4.69, 9.17) is 10.4 Å². The Morgan fingerprint density at radius 1 is 0.562 bits per heavy atom. The molecule has 0 spiro atoms. The van der Waals surface area contributed by atoms with Gasteiger partial charge in [-0.05, 0) is 51.4 Å². The molecule has 2 fully saturated rings. The van der Waals surface area contributed by atoms with Crippen LogP contribution in [0.3, 0.4) is 0 Å². The van der Waals surface area contributed by atoms with E-state index in [9.17, 15) is 0 Å². The molecule has 0 saturated heterocycles. The summed E-state index contributed by atoms with van der Waals surface area (Å²) in [7, 11) is 0. The molecule has 2 aliphatic rings. The Labute approximate surface area is 97.0 Å². The highest BCUT2D eigenvalue weighted by Gasteiger charge is 2.06. The van der Waals surface area contributed by atoms with Crippen LogP contribution in [0.2, 0.25) is 0 Å². The lowest BCUT2D eigenvalue weighted by molar-refractivity contribution is 0.314. The smallest absolute Gasteiger partial charge is 0.0570 e. The second kappa shape index (κ2) is 8.13. The van der Waals surface area contributed by atoms with Gasteiger partial charge in [0.05, 0.1) is 11.4 Å². The van der Waals surface area contributed by atoms with Crippen LogP contribution in [0.4, 0.5) is 0 Å². The van der Waals surface area contributed by atoms with Crippen molar-refractivity contribution in [2.24, 2.45) is 10.3 Å². The first-order valence-corrected chi connectivity index (χ1v) is 6.26. The number of rotatable bonds is 0. The minimum atomic E-state index is 0.983. The lowest BCUT2D eigenvalue weighted by Gasteiger charge is -2.08. The van der Waals surface area contributed by atoms with Crippen LogP contribution in [0.1, 0.15) is 64.2 Å². The minimum absolute atomic E-state index is 0.983. The second-order valence-corrected chi connectivity index (χ2v) is 4.45. The molecule has 0 unspecified atom stereocenters. The van der Waals surface area contributed by atoms with Gasteiger partial charge in [0, 0.05) is 0 Å². The van der Waals surface area contributed by atoms with Crippen LogP contribution in [0, 0.1) is 0 Å². The molecule has 16 heavy (non-hydrogen) atoms. The van der Waals surface area contributed by atoms with Crippen LogP contribution < -0.4 is 0 Å². The Balaban J connectivity index is 0.000000160. The van der Waals surface area contributed by atoms with Gasteiger partial charge < -0.3 is 10.4 Å². The van der Waals surface area contributed by atoms with Crippen molar-refractivity contribution in [3.8, 4) is 0 Å². The lowest BCUT2D eigenvalue weighted by atomic mass is 9.99. The van der Waals surface area contributed by atoms with Gasteiger partial charge in [-0.1, -0.05) is 23.2 Å². The zero-order chi connectivity index (χ0) is 11.6. The van der Waals surface area contributed by atoms with Gasteiger partial charge >= 0.3 is 0 Å². The van der Waals surface area contributed by atoms with Crippen LogP contribution in [-0.4, -0.2) is 21.8 Å². The lowest BCUT2D eigenvalue weighted by Crippen LogP contribution is -2.03. The zero-order valence-corrected chi connectivity index (χ0v) is 9.86. The first-order chi connectivity index (χ1) is 7.86. The van der Waals surface area contributed by atoms with E-state index in [1.54, 1.807) is 0 Å². The molecule has 0 heterocycles. The molecular formula is C12H22N2O2. The third kappa shape index (κ3) is 5.14. The summed E-state index contributed by atoms with van der Waals surface area (Å²) in [6, 6.07) is 0. The molecule has 2 saturated carbocycles. The monoisotopic (exact) mass is 226 g/mol. The van der Waals surface area contributed by atoms with E-state index in [0.717, 1.165) is 37.1 Å². The van der Waals surface area contributed by atoms with E-state index in [2.05, 4.69) is 10.3 Å². The molecule has 2 rings (SSSR count). The van der Waals surface area contributed by atoms with E-state index in [1.807, 2.05) is 0 Å². The highest BCUT2D eigenvalue weighted by molar-refractivity contribution is 5.84. The van der Waals surface area contributed by atoms with E-state index >= 15 is 0 Å². The Bertz CT molecular complexity index is 207. The van der Waals surface area contributed by atoms with Crippen molar-refractivity contribution in [3.05, 3.63) is 0 Å². The largest absolute Gasteiger partial charge is 0.411 e. The normalized spacial score (nSPS) is 20.8. The van der Waals surface area contributed by atoms with Crippen molar-refractivity contribution in [2.75, 3.05) is 0 Å².